The molecule has 0 spiro atoms. The summed E-state index contributed by atoms with van der Waals surface area (Å²) >= 11 is 0. The van der Waals surface area contributed by atoms with Gasteiger partial charge in [0, 0.05) is 12.8 Å². The van der Waals surface area contributed by atoms with Gasteiger partial charge in [-0.2, -0.15) is 0 Å². The van der Waals surface area contributed by atoms with E-state index >= 15 is 0 Å². The summed E-state index contributed by atoms with van der Waals surface area (Å²) in [6.07, 6.45) is 2.53. The lowest BCUT2D eigenvalue weighted by atomic mass is 9.76. The molecule has 0 amide bonds. The summed E-state index contributed by atoms with van der Waals surface area (Å²) < 4.78 is 21.6. The smallest absolute Gasteiger partial charge is 0.261 e. The van der Waals surface area contributed by atoms with Crippen molar-refractivity contribution in [2.45, 2.75) is 128 Å². The van der Waals surface area contributed by atoms with Crippen molar-refractivity contribution in [3.05, 3.63) is 73.3 Å². The highest BCUT2D eigenvalue weighted by molar-refractivity contribution is 6.99. The van der Waals surface area contributed by atoms with Crippen LogP contribution in [0.1, 0.15) is 60.8 Å². The van der Waals surface area contributed by atoms with Crippen molar-refractivity contribution in [2.75, 3.05) is 0 Å². The Hall–Kier alpha value is -1.33. The van der Waals surface area contributed by atoms with Gasteiger partial charge in [-0.1, -0.05) is 108 Å². The summed E-state index contributed by atoms with van der Waals surface area (Å²) in [6, 6.07) is 21.6. The second kappa shape index (κ2) is 12.3. The van der Waals surface area contributed by atoms with Gasteiger partial charge in [0.25, 0.3) is 8.32 Å². The van der Waals surface area contributed by atoms with E-state index in [1.807, 2.05) is 6.08 Å². The molecule has 1 saturated carbocycles. The van der Waals surface area contributed by atoms with Crippen LogP contribution in [0.4, 0.5) is 0 Å². The third-order valence-corrected chi connectivity index (χ3v) is 19.6. The van der Waals surface area contributed by atoms with Crippen LogP contribution in [-0.2, 0) is 13.3 Å². The van der Waals surface area contributed by atoms with E-state index in [0.717, 1.165) is 0 Å². The average molecular weight is 613 g/mol. The van der Waals surface area contributed by atoms with E-state index in [1.165, 1.54) is 10.4 Å². The van der Waals surface area contributed by atoms with Gasteiger partial charge in [0.15, 0.2) is 16.6 Å². The molecule has 1 fully saturated rings. The molecule has 0 aromatic heterocycles. The predicted molar refractivity (Wildman–Crippen MR) is 182 cm³/mol. The Kier molecular flexibility index (Phi) is 10.3. The van der Waals surface area contributed by atoms with Crippen molar-refractivity contribution in [3.8, 4) is 0 Å². The molecule has 7 heteroatoms. The predicted octanol–water partition coefficient (Wildman–Crippen LogP) is 7.64. The molecule has 3 rings (SSSR count). The number of hydrogen-bond acceptors (Lipinski definition) is 4. The quantitative estimate of drug-likeness (QED) is 0.221. The molecule has 0 unspecified atom stereocenters. The highest BCUT2D eigenvalue weighted by atomic mass is 28.4. The minimum absolute atomic E-state index is 0.00299. The Morgan fingerprint density at radius 3 is 1.56 bits per heavy atom. The molecular formula is C34H56O4Si3. The van der Waals surface area contributed by atoms with Crippen LogP contribution in [0, 0.1) is 0 Å². The summed E-state index contributed by atoms with van der Waals surface area (Å²) in [7, 11) is -7.06. The molecule has 1 aliphatic carbocycles. The van der Waals surface area contributed by atoms with E-state index in [0.29, 0.717) is 19.3 Å². The molecule has 1 aliphatic rings. The van der Waals surface area contributed by atoms with E-state index in [1.54, 1.807) is 0 Å². The largest absolute Gasteiger partial charge is 0.412 e. The van der Waals surface area contributed by atoms with Gasteiger partial charge in [-0.3, -0.25) is 0 Å². The normalized spacial score (nSPS) is 24.7. The van der Waals surface area contributed by atoms with Crippen molar-refractivity contribution in [1.82, 2.24) is 0 Å². The van der Waals surface area contributed by atoms with Gasteiger partial charge in [-0.05, 0) is 59.6 Å². The molecule has 2 aromatic carbocycles. The van der Waals surface area contributed by atoms with E-state index in [-0.39, 0.29) is 16.2 Å². The van der Waals surface area contributed by atoms with Crippen molar-refractivity contribution in [3.63, 3.8) is 0 Å². The summed E-state index contributed by atoms with van der Waals surface area (Å²) in [5.41, 5.74) is -1.16. The zero-order valence-electron chi connectivity index (χ0n) is 27.6. The summed E-state index contributed by atoms with van der Waals surface area (Å²) in [5, 5.41) is 14.9. The molecule has 0 bridgehead atoms. The van der Waals surface area contributed by atoms with Crippen LogP contribution in [0.15, 0.2) is 73.3 Å². The van der Waals surface area contributed by atoms with Crippen LogP contribution in [0.3, 0.4) is 0 Å². The zero-order valence-corrected chi connectivity index (χ0v) is 30.6. The van der Waals surface area contributed by atoms with Crippen LogP contribution >= 0.6 is 0 Å². The van der Waals surface area contributed by atoms with Gasteiger partial charge in [0.05, 0.1) is 18.3 Å². The molecule has 41 heavy (non-hydrogen) atoms. The molecule has 0 heterocycles. The first-order chi connectivity index (χ1) is 18.8. The highest BCUT2D eigenvalue weighted by Crippen LogP contribution is 2.46. The monoisotopic (exact) mass is 612 g/mol. The van der Waals surface area contributed by atoms with E-state index in [4.69, 9.17) is 13.3 Å². The second-order valence-corrected chi connectivity index (χ2v) is 28.9. The summed E-state index contributed by atoms with van der Waals surface area (Å²) in [5.74, 6) is 0. The lowest BCUT2D eigenvalue weighted by Gasteiger charge is -2.54. The maximum absolute atomic E-state index is 12.5. The van der Waals surface area contributed by atoms with Gasteiger partial charge in [0.1, 0.15) is 5.60 Å². The van der Waals surface area contributed by atoms with Crippen molar-refractivity contribution >= 4 is 35.3 Å². The van der Waals surface area contributed by atoms with Gasteiger partial charge >= 0.3 is 0 Å². The lowest BCUT2D eigenvalue weighted by molar-refractivity contribution is -0.173. The minimum Gasteiger partial charge on any atom is -0.412 e. The van der Waals surface area contributed by atoms with Crippen LogP contribution in [0.25, 0.3) is 0 Å². The Morgan fingerprint density at radius 2 is 1.20 bits per heavy atom. The zero-order chi connectivity index (χ0) is 30.9. The second-order valence-electron chi connectivity index (χ2n) is 15.4. The van der Waals surface area contributed by atoms with Gasteiger partial charge < -0.3 is 18.4 Å². The first-order valence-corrected chi connectivity index (χ1v) is 23.5. The fourth-order valence-electron chi connectivity index (χ4n) is 5.98. The SMILES string of the molecule is C=CC[C@@]1(O)[C@@H](O[Si](C)(C)C)C[C@H](O[Si](c2ccccc2)(c2ccccc2)C(C)(C)C)C[C@@H]1O[Si](C)(C)C(C)(C)C. The van der Waals surface area contributed by atoms with Gasteiger partial charge in [-0.15, -0.1) is 6.58 Å². The van der Waals surface area contributed by atoms with Crippen molar-refractivity contribution in [2.24, 2.45) is 0 Å². The molecule has 0 saturated heterocycles. The fraction of sp³-hybridized carbons (Fsp3) is 0.588. The summed E-state index contributed by atoms with van der Waals surface area (Å²) in [4.78, 5) is 0. The topological polar surface area (TPSA) is 47.9 Å². The van der Waals surface area contributed by atoms with Gasteiger partial charge in [0.2, 0.25) is 0 Å². The first-order valence-electron chi connectivity index (χ1n) is 15.2. The number of benzene rings is 2. The Bertz CT molecular complexity index is 1090. The van der Waals surface area contributed by atoms with Crippen LogP contribution in [0.5, 0.6) is 0 Å². The molecule has 4 nitrogen and oxygen atoms in total. The molecule has 1 N–H and O–H groups in total. The van der Waals surface area contributed by atoms with Crippen LogP contribution < -0.4 is 10.4 Å². The van der Waals surface area contributed by atoms with Gasteiger partial charge in [-0.25, -0.2) is 0 Å². The Morgan fingerprint density at radius 1 is 0.756 bits per heavy atom. The number of rotatable bonds is 10. The third-order valence-electron chi connectivity index (χ3n) is 9.04. The molecule has 2 aromatic rings. The maximum atomic E-state index is 12.5. The van der Waals surface area contributed by atoms with Crippen molar-refractivity contribution in [1.29, 1.82) is 0 Å². The lowest BCUT2D eigenvalue weighted by Crippen LogP contribution is -2.70. The molecule has 228 valence electrons. The van der Waals surface area contributed by atoms with Crippen molar-refractivity contribution < 1.29 is 18.4 Å². The van der Waals surface area contributed by atoms with E-state index in [9.17, 15) is 5.11 Å². The maximum Gasteiger partial charge on any atom is 0.261 e. The Labute approximate surface area is 253 Å². The molecule has 0 aliphatic heterocycles. The first kappa shape index (κ1) is 34.2. The molecule has 0 radical (unpaired) electrons. The highest BCUT2D eigenvalue weighted by Gasteiger charge is 2.57. The van der Waals surface area contributed by atoms with Crippen LogP contribution in [0.2, 0.25) is 42.8 Å². The number of aliphatic hydroxyl groups is 1. The summed E-state index contributed by atoms with van der Waals surface area (Å²) in [6.45, 7) is 28.8. The molecular weight excluding hydrogens is 557 g/mol. The standard InChI is InChI=1S/C34H56O4Si3/c1-13-24-34(35)30(37-39(8,9)10)25-27(26-31(34)38-40(11,12)32(2,3)4)36-41(33(5,6)7,28-20-16-14-17-21-28)29-22-18-15-19-23-29/h13-23,27,30-31,35H,1,24-26H2,2-12H3/t27-,30-,31-,34+/m0/s1. The van der Waals surface area contributed by atoms with E-state index < -0.39 is 42.8 Å². The minimum atomic E-state index is -2.80. The van der Waals surface area contributed by atoms with Crippen LogP contribution in [-0.4, -0.2) is 54.0 Å². The fourth-order valence-corrected chi connectivity index (χ4v) is 13.2. The van der Waals surface area contributed by atoms with E-state index in [2.05, 4.69) is 142 Å². The third kappa shape index (κ3) is 7.43. The Balaban J connectivity index is 2.19. The number of hydrogen-bond donors (Lipinski definition) is 1. The molecule has 4 atom stereocenters. The average Bonchev–Trinajstić information content (AvgIpc) is 2.84.